The zero-order valence-electron chi connectivity index (χ0n) is 7.98. The molecule has 5 heteroatoms. The van der Waals surface area contributed by atoms with Gasteiger partial charge < -0.3 is 9.47 Å². The van der Waals surface area contributed by atoms with Crippen LogP contribution in [0.5, 0.6) is 11.8 Å². The number of ketones is 1. The van der Waals surface area contributed by atoms with Crippen molar-refractivity contribution in [3.8, 4) is 11.8 Å². The Kier molecular flexibility index (Phi) is 3.17. The molecule has 0 bridgehead atoms. The fraction of sp³-hybridized carbons (Fsp3) is 0.222. The van der Waals surface area contributed by atoms with Crippen molar-refractivity contribution in [2.24, 2.45) is 0 Å². The Morgan fingerprint density at radius 3 is 2.71 bits per heavy atom. The molecule has 0 aliphatic heterocycles. The molecule has 0 spiro atoms. The Morgan fingerprint density at radius 2 is 2.21 bits per heavy atom. The first kappa shape index (κ1) is 10.2. The predicted octanol–water partition coefficient (Wildman–Crippen LogP) is 0.862. The van der Waals surface area contributed by atoms with Crippen LogP contribution in [0.1, 0.15) is 10.5 Å². The number of carbonyl (C=O) groups is 1. The summed E-state index contributed by atoms with van der Waals surface area (Å²) >= 11 is 0. The molecule has 0 N–H and O–H groups in total. The van der Waals surface area contributed by atoms with E-state index in [2.05, 4.69) is 16.5 Å². The summed E-state index contributed by atoms with van der Waals surface area (Å²) in [6.07, 6.45) is 2.50. The van der Waals surface area contributed by atoms with Crippen LogP contribution in [0.15, 0.2) is 18.9 Å². The van der Waals surface area contributed by atoms with Crippen molar-refractivity contribution in [3.63, 3.8) is 0 Å². The van der Waals surface area contributed by atoms with Gasteiger partial charge in [0.05, 0.1) is 20.4 Å². The molecule has 0 aliphatic rings. The third kappa shape index (κ3) is 1.87. The quantitative estimate of drug-likeness (QED) is 0.525. The van der Waals surface area contributed by atoms with Crippen molar-refractivity contribution in [3.05, 3.63) is 24.5 Å². The fourth-order valence-corrected chi connectivity index (χ4v) is 0.863. The molecule has 14 heavy (non-hydrogen) atoms. The third-order valence-electron chi connectivity index (χ3n) is 1.54. The number of aromatic nitrogens is 2. The van der Waals surface area contributed by atoms with E-state index in [4.69, 9.17) is 9.47 Å². The smallest absolute Gasteiger partial charge is 0.247 e. The Labute approximate surface area is 81.4 Å². The molecule has 1 aromatic heterocycles. The van der Waals surface area contributed by atoms with E-state index in [0.29, 0.717) is 5.88 Å². The Hall–Kier alpha value is -1.91. The fourth-order valence-electron chi connectivity index (χ4n) is 0.863. The zero-order valence-corrected chi connectivity index (χ0v) is 7.98. The summed E-state index contributed by atoms with van der Waals surface area (Å²) in [7, 11) is 2.86. The molecule has 0 saturated heterocycles. The minimum Gasteiger partial charge on any atom is -0.480 e. The standard InChI is InChI=1S/C9H10N2O3/c1-4-6(12)8-9(14-3)11-7(13-2)5-10-8/h4-5H,1H2,2-3H3. The molecule has 0 unspecified atom stereocenters. The highest BCUT2D eigenvalue weighted by Gasteiger charge is 2.13. The second-order valence-corrected chi connectivity index (χ2v) is 2.34. The lowest BCUT2D eigenvalue weighted by Crippen LogP contribution is -2.05. The summed E-state index contributed by atoms with van der Waals surface area (Å²) in [6.45, 7) is 3.35. The predicted molar refractivity (Wildman–Crippen MR) is 49.7 cm³/mol. The van der Waals surface area contributed by atoms with E-state index in [1.54, 1.807) is 0 Å². The highest BCUT2D eigenvalue weighted by atomic mass is 16.5. The summed E-state index contributed by atoms with van der Waals surface area (Å²) in [6, 6.07) is 0. The molecule has 1 rings (SSSR count). The molecule has 0 radical (unpaired) electrons. The summed E-state index contributed by atoms with van der Waals surface area (Å²) in [4.78, 5) is 19.0. The van der Waals surface area contributed by atoms with Crippen LogP contribution in [0.2, 0.25) is 0 Å². The molecule has 1 aromatic rings. The highest BCUT2D eigenvalue weighted by Crippen LogP contribution is 2.17. The molecular formula is C9H10N2O3. The van der Waals surface area contributed by atoms with E-state index >= 15 is 0 Å². The van der Waals surface area contributed by atoms with Gasteiger partial charge in [0.25, 0.3) is 0 Å². The van der Waals surface area contributed by atoms with Crippen LogP contribution < -0.4 is 9.47 Å². The maximum Gasteiger partial charge on any atom is 0.247 e. The number of allylic oxidation sites excluding steroid dienone is 1. The summed E-state index contributed by atoms with van der Waals surface area (Å²) in [5.41, 5.74) is 0.128. The van der Waals surface area contributed by atoms with E-state index in [9.17, 15) is 4.79 Å². The summed E-state index contributed by atoms with van der Waals surface area (Å²) < 4.78 is 9.72. The molecule has 1 heterocycles. The SMILES string of the molecule is C=CC(=O)c1ncc(OC)nc1OC. The normalized spacial score (nSPS) is 9.29. The minimum atomic E-state index is -0.336. The lowest BCUT2D eigenvalue weighted by Gasteiger charge is -2.04. The minimum absolute atomic E-state index is 0.128. The van der Waals surface area contributed by atoms with Crippen LogP contribution in [-0.4, -0.2) is 30.0 Å². The van der Waals surface area contributed by atoms with Gasteiger partial charge >= 0.3 is 0 Å². The molecule has 0 saturated carbocycles. The summed E-state index contributed by atoms with van der Waals surface area (Å²) in [5.74, 6) is 0.0914. The number of carbonyl (C=O) groups excluding carboxylic acids is 1. The van der Waals surface area contributed by atoms with E-state index in [0.717, 1.165) is 6.08 Å². The Bertz CT molecular complexity index is 363. The molecule has 0 aromatic carbocycles. The van der Waals surface area contributed by atoms with Gasteiger partial charge in [-0.1, -0.05) is 6.58 Å². The van der Waals surface area contributed by atoms with Crippen molar-refractivity contribution in [1.29, 1.82) is 0 Å². The zero-order chi connectivity index (χ0) is 10.6. The second kappa shape index (κ2) is 4.36. The van der Waals surface area contributed by atoms with Crippen LogP contribution in [0.3, 0.4) is 0 Å². The lowest BCUT2D eigenvalue weighted by atomic mass is 10.3. The number of rotatable bonds is 4. The lowest BCUT2D eigenvalue weighted by molar-refractivity contribution is 0.103. The Balaban J connectivity index is 3.17. The monoisotopic (exact) mass is 194 g/mol. The first-order chi connectivity index (χ1) is 6.72. The first-order valence-electron chi connectivity index (χ1n) is 3.84. The van der Waals surface area contributed by atoms with E-state index < -0.39 is 0 Å². The van der Waals surface area contributed by atoms with Gasteiger partial charge in [-0.25, -0.2) is 4.98 Å². The van der Waals surface area contributed by atoms with Crippen molar-refractivity contribution in [1.82, 2.24) is 9.97 Å². The van der Waals surface area contributed by atoms with Crippen LogP contribution in [0, 0.1) is 0 Å². The summed E-state index contributed by atoms with van der Waals surface area (Å²) in [5, 5.41) is 0. The van der Waals surface area contributed by atoms with Crippen LogP contribution in [0.4, 0.5) is 0 Å². The second-order valence-electron chi connectivity index (χ2n) is 2.34. The Morgan fingerprint density at radius 1 is 1.50 bits per heavy atom. The number of ether oxygens (including phenoxy) is 2. The number of hydrogen-bond acceptors (Lipinski definition) is 5. The van der Waals surface area contributed by atoms with Crippen LogP contribution in [-0.2, 0) is 0 Å². The van der Waals surface area contributed by atoms with Gasteiger partial charge in [-0.2, -0.15) is 4.98 Å². The van der Waals surface area contributed by atoms with Gasteiger partial charge in [0.1, 0.15) is 0 Å². The first-order valence-corrected chi connectivity index (χ1v) is 3.84. The number of methoxy groups -OCH3 is 2. The van der Waals surface area contributed by atoms with Crippen molar-refractivity contribution in [2.45, 2.75) is 0 Å². The highest BCUT2D eigenvalue weighted by molar-refractivity contribution is 6.04. The van der Waals surface area contributed by atoms with Gasteiger partial charge in [0.2, 0.25) is 17.5 Å². The van der Waals surface area contributed by atoms with Crippen molar-refractivity contribution in [2.75, 3.05) is 14.2 Å². The average molecular weight is 194 g/mol. The number of nitrogens with zero attached hydrogens (tertiary/aromatic N) is 2. The van der Waals surface area contributed by atoms with Gasteiger partial charge in [-0.15, -0.1) is 0 Å². The maximum atomic E-state index is 11.3. The van der Waals surface area contributed by atoms with Crippen LogP contribution >= 0.6 is 0 Å². The molecule has 5 nitrogen and oxygen atoms in total. The topological polar surface area (TPSA) is 61.3 Å². The van der Waals surface area contributed by atoms with Gasteiger partial charge in [-0.3, -0.25) is 4.79 Å². The molecular weight excluding hydrogens is 184 g/mol. The van der Waals surface area contributed by atoms with E-state index in [1.165, 1.54) is 20.4 Å². The van der Waals surface area contributed by atoms with Gasteiger partial charge in [0.15, 0.2) is 5.69 Å². The number of hydrogen-bond donors (Lipinski definition) is 0. The molecule has 0 amide bonds. The van der Waals surface area contributed by atoms with Crippen molar-refractivity contribution >= 4 is 5.78 Å². The average Bonchev–Trinajstić information content (AvgIpc) is 2.27. The van der Waals surface area contributed by atoms with Crippen LogP contribution in [0.25, 0.3) is 0 Å². The van der Waals surface area contributed by atoms with Crippen molar-refractivity contribution < 1.29 is 14.3 Å². The molecule has 74 valence electrons. The van der Waals surface area contributed by atoms with E-state index in [1.807, 2.05) is 0 Å². The van der Waals surface area contributed by atoms with Gasteiger partial charge in [-0.05, 0) is 6.08 Å². The molecule has 0 aliphatic carbocycles. The molecule has 0 atom stereocenters. The maximum absolute atomic E-state index is 11.3. The van der Waals surface area contributed by atoms with E-state index in [-0.39, 0.29) is 17.4 Å². The third-order valence-corrected chi connectivity index (χ3v) is 1.54. The molecule has 0 fully saturated rings. The largest absolute Gasteiger partial charge is 0.480 e. The van der Waals surface area contributed by atoms with Gasteiger partial charge in [0, 0.05) is 0 Å².